The molecule has 2 N–H and O–H groups in total. The summed E-state index contributed by atoms with van der Waals surface area (Å²) in [5, 5.41) is 5.80. The fourth-order valence-electron chi connectivity index (χ4n) is 2.92. The molecule has 0 radical (unpaired) electrons. The van der Waals surface area contributed by atoms with Crippen LogP contribution in [0.5, 0.6) is 0 Å². The van der Waals surface area contributed by atoms with Crippen molar-refractivity contribution in [1.29, 1.82) is 0 Å². The molecule has 5 heteroatoms. The molecule has 0 saturated heterocycles. The number of nitrogens with one attached hydrogen (secondary N) is 2. The van der Waals surface area contributed by atoms with E-state index in [0.29, 0.717) is 17.4 Å². The van der Waals surface area contributed by atoms with Crippen LogP contribution in [0.25, 0.3) is 11.1 Å². The van der Waals surface area contributed by atoms with Gasteiger partial charge in [-0.25, -0.2) is 9.78 Å². The molecule has 112 valence electrons. The monoisotopic (exact) mass is 287 g/mol. The third-order valence-electron chi connectivity index (χ3n) is 4.03. The molecule has 2 amide bonds. The van der Waals surface area contributed by atoms with Crippen molar-refractivity contribution < 1.29 is 9.21 Å². The van der Waals surface area contributed by atoms with E-state index in [-0.39, 0.29) is 6.03 Å². The van der Waals surface area contributed by atoms with Gasteiger partial charge in [-0.15, -0.1) is 0 Å². The Morgan fingerprint density at radius 1 is 1.33 bits per heavy atom. The van der Waals surface area contributed by atoms with Gasteiger partial charge >= 0.3 is 6.03 Å². The van der Waals surface area contributed by atoms with Crippen LogP contribution in [0.15, 0.2) is 22.6 Å². The van der Waals surface area contributed by atoms with Crippen molar-refractivity contribution in [3.63, 3.8) is 0 Å². The van der Waals surface area contributed by atoms with Crippen molar-refractivity contribution >= 4 is 22.8 Å². The zero-order valence-electron chi connectivity index (χ0n) is 12.3. The lowest BCUT2D eigenvalue weighted by atomic mass is 9.89. The predicted octanol–water partition coefficient (Wildman–Crippen LogP) is 3.84. The van der Waals surface area contributed by atoms with E-state index in [2.05, 4.69) is 15.6 Å². The molecule has 1 aliphatic rings. The molecule has 1 aromatic carbocycles. The van der Waals surface area contributed by atoms with Crippen molar-refractivity contribution in [3.05, 3.63) is 24.1 Å². The van der Waals surface area contributed by atoms with Crippen LogP contribution in [0.2, 0.25) is 0 Å². The summed E-state index contributed by atoms with van der Waals surface area (Å²) in [5.41, 5.74) is 2.22. The van der Waals surface area contributed by atoms with E-state index in [9.17, 15) is 4.79 Å². The molecule has 0 bridgehead atoms. The number of fused-ring (bicyclic) bond motifs is 1. The van der Waals surface area contributed by atoms with Crippen molar-refractivity contribution in [3.8, 4) is 0 Å². The Bertz CT molecular complexity index is 629. The van der Waals surface area contributed by atoms with Gasteiger partial charge in [-0.2, -0.15) is 0 Å². The Morgan fingerprint density at radius 2 is 2.14 bits per heavy atom. The van der Waals surface area contributed by atoms with Crippen LogP contribution in [0.3, 0.4) is 0 Å². The largest absolute Gasteiger partial charge is 0.441 e. The van der Waals surface area contributed by atoms with Gasteiger partial charge in [0.1, 0.15) is 5.52 Å². The van der Waals surface area contributed by atoms with E-state index in [1.54, 1.807) is 6.07 Å². The Labute approximate surface area is 124 Å². The molecule has 3 rings (SSSR count). The smallest absolute Gasteiger partial charge is 0.319 e. The molecule has 1 aliphatic carbocycles. The summed E-state index contributed by atoms with van der Waals surface area (Å²) in [6.07, 6.45) is 6.36. The number of benzene rings is 1. The second-order valence-corrected chi connectivity index (χ2v) is 5.75. The van der Waals surface area contributed by atoms with Gasteiger partial charge in [0.15, 0.2) is 11.5 Å². The van der Waals surface area contributed by atoms with Crippen LogP contribution < -0.4 is 10.6 Å². The van der Waals surface area contributed by atoms with Crippen molar-refractivity contribution in [1.82, 2.24) is 10.3 Å². The van der Waals surface area contributed by atoms with Crippen LogP contribution in [0.4, 0.5) is 10.5 Å². The van der Waals surface area contributed by atoms with E-state index < -0.39 is 0 Å². The van der Waals surface area contributed by atoms with Gasteiger partial charge < -0.3 is 15.1 Å². The minimum atomic E-state index is -0.156. The van der Waals surface area contributed by atoms with Gasteiger partial charge in [-0.05, 0) is 30.9 Å². The van der Waals surface area contributed by atoms with Crippen LogP contribution in [-0.4, -0.2) is 17.6 Å². The number of nitrogens with zero attached hydrogens (tertiary/aromatic N) is 1. The number of amides is 2. The molecule has 0 unspecified atom stereocenters. The van der Waals surface area contributed by atoms with Gasteiger partial charge in [-0.3, -0.25) is 0 Å². The van der Waals surface area contributed by atoms with E-state index >= 15 is 0 Å². The minimum Gasteiger partial charge on any atom is -0.441 e. The predicted molar refractivity (Wildman–Crippen MR) is 82.3 cm³/mol. The molecule has 1 aromatic heterocycles. The highest BCUT2D eigenvalue weighted by molar-refractivity contribution is 5.91. The third-order valence-corrected chi connectivity index (χ3v) is 4.03. The topological polar surface area (TPSA) is 67.2 Å². The van der Waals surface area contributed by atoms with Gasteiger partial charge in [0.25, 0.3) is 0 Å². The summed E-state index contributed by atoms with van der Waals surface area (Å²) >= 11 is 0. The Balaban J connectivity index is 1.55. The molecule has 0 aliphatic heterocycles. The minimum absolute atomic E-state index is 0.156. The molecule has 2 aromatic rings. The van der Waals surface area contributed by atoms with E-state index in [1.807, 2.05) is 19.1 Å². The zero-order valence-corrected chi connectivity index (χ0v) is 12.3. The Hall–Kier alpha value is -2.04. The first-order valence-corrected chi connectivity index (χ1v) is 7.63. The van der Waals surface area contributed by atoms with Gasteiger partial charge in [0.2, 0.25) is 0 Å². The molecule has 1 saturated carbocycles. The lowest BCUT2D eigenvalue weighted by Crippen LogP contribution is -2.33. The van der Waals surface area contributed by atoms with Crippen molar-refractivity contribution in [2.24, 2.45) is 5.92 Å². The molecular weight excluding hydrogens is 266 g/mol. The van der Waals surface area contributed by atoms with Gasteiger partial charge in [0, 0.05) is 25.2 Å². The lowest BCUT2D eigenvalue weighted by Gasteiger charge is -2.21. The number of hydrogen-bond donors (Lipinski definition) is 2. The summed E-state index contributed by atoms with van der Waals surface area (Å²) in [6.45, 7) is 2.57. The second kappa shape index (κ2) is 6.16. The average molecular weight is 287 g/mol. The zero-order chi connectivity index (χ0) is 14.7. The molecule has 0 atom stereocenters. The molecule has 21 heavy (non-hydrogen) atoms. The van der Waals surface area contributed by atoms with E-state index in [0.717, 1.165) is 17.7 Å². The quantitative estimate of drug-likeness (QED) is 0.901. The number of hydrogen-bond acceptors (Lipinski definition) is 3. The number of aryl methyl sites for hydroxylation is 1. The number of urea groups is 1. The molecule has 1 fully saturated rings. The molecule has 5 nitrogen and oxygen atoms in total. The van der Waals surface area contributed by atoms with Crippen LogP contribution in [-0.2, 0) is 0 Å². The third kappa shape index (κ3) is 3.54. The maximum atomic E-state index is 11.9. The molecule has 0 spiro atoms. The van der Waals surface area contributed by atoms with Crippen LogP contribution in [0, 0.1) is 12.8 Å². The highest BCUT2D eigenvalue weighted by atomic mass is 16.3. The number of aromatic nitrogens is 1. The Morgan fingerprint density at radius 3 is 2.95 bits per heavy atom. The lowest BCUT2D eigenvalue weighted by molar-refractivity contribution is 0.247. The van der Waals surface area contributed by atoms with Crippen molar-refractivity contribution in [2.75, 3.05) is 11.9 Å². The average Bonchev–Trinajstić information content (AvgIpc) is 2.85. The summed E-state index contributed by atoms with van der Waals surface area (Å²) in [4.78, 5) is 16.2. The second-order valence-electron chi connectivity index (χ2n) is 5.75. The Kier molecular flexibility index (Phi) is 4.08. The highest BCUT2D eigenvalue weighted by Crippen LogP contribution is 2.23. The first kappa shape index (κ1) is 13.9. The molecule has 1 heterocycles. The van der Waals surface area contributed by atoms with Gasteiger partial charge in [-0.1, -0.05) is 19.3 Å². The summed E-state index contributed by atoms with van der Waals surface area (Å²) in [7, 11) is 0. The first-order chi connectivity index (χ1) is 10.2. The number of carbonyl (C=O) groups is 1. The fraction of sp³-hybridized carbons (Fsp3) is 0.500. The van der Waals surface area contributed by atoms with Crippen molar-refractivity contribution in [2.45, 2.75) is 39.0 Å². The maximum Gasteiger partial charge on any atom is 0.319 e. The highest BCUT2D eigenvalue weighted by Gasteiger charge is 2.14. The summed E-state index contributed by atoms with van der Waals surface area (Å²) < 4.78 is 5.46. The fourth-order valence-corrected chi connectivity index (χ4v) is 2.92. The number of carbonyl (C=O) groups excluding carboxylic acids is 1. The molecular formula is C16H21N3O2. The number of rotatable bonds is 3. The number of oxazole rings is 1. The summed E-state index contributed by atoms with van der Waals surface area (Å²) in [5.74, 6) is 1.26. The summed E-state index contributed by atoms with van der Waals surface area (Å²) in [6, 6.07) is 5.33. The van der Waals surface area contributed by atoms with Crippen LogP contribution in [0.1, 0.15) is 38.0 Å². The first-order valence-electron chi connectivity index (χ1n) is 7.63. The maximum absolute atomic E-state index is 11.9. The van der Waals surface area contributed by atoms with E-state index in [1.165, 1.54) is 32.1 Å². The van der Waals surface area contributed by atoms with Gasteiger partial charge in [0.05, 0.1) is 0 Å². The van der Waals surface area contributed by atoms with Crippen LogP contribution >= 0.6 is 0 Å². The SMILES string of the molecule is Cc1nc2ccc(NC(=O)NCC3CCCCC3)cc2o1. The standard InChI is InChI=1S/C16H21N3O2/c1-11-18-14-8-7-13(9-15(14)21-11)19-16(20)17-10-12-5-3-2-4-6-12/h7-9,12H,2-6,10H2,1H3,(H2,17,19,20). The normalized spacial score (nSPS) is 16.0. The number of anilines is 1. The van der Waals surface area contributed by atoms with E-state index in [4.69, 9.17) is 4.42 Å².